The fourth-order valence-electron chi connectivity index (χ4n) is 1.65. The van der Waals surface area contributed by atoms with E-state index in [1.54, 1.807) is 5.01 Å². The Hall–Kier alpha value is -1.86. The number of rotatable bonds is 2. The van der Waals surface area contributed by atoms with Gasteiger partial charge in [0.05, 0.1) is 6.07 Å². The molecule has 15 heavy (non-hydrogen) atoms. The van der Waals surface area contributed by atoms with Gasteiger partial charge in [0.25, 0.3) is 0 Å². The minimum Gasteiger partial charge on any atom is -0.287 e. The molecule has 0 bridgehead atoms. The predicted molar refractivity (Wildman–Crippen MR) is 54.3 cm³/mol. The molecule has 4 heteroatoms. The van der Waals surface area contributed by atoms with Gasteiger partial charge in [0.1, 0.15) is 6.04 Å². The predicted octanol–water partition coefficient (Wildman–Crippen LogP) is 0.988. The van der Waals surface area contributed by atoms with Crippen molar-refractivity contribution in [2.24, 2.45) is 0 Å². The SMILES string of the molecule is N#C[C@H](c1ccccc1)N1CCC(=O)N1. The van der Waals surface area contributed by atoms with Gasteiger partial charge in [0.15, 0.2) is 0 Å². The van der Waals surface area contributed by atoms with E-state index in [2.05, 4.69) is 11.5 Å². The van der Waals surface area contributed by atoms with Crippen LogP contribution in [0.3, 0.4) is 0 Å². The van der Waals surface area contributed by atoms with E-state index in [9.17, 15) is 4.79 Å². The highest BCUT2D eigenvalue weighted by atomic mass is 16.2. The van der Waals surface area contributed by atoms with E-state index in [-0.39, 0.29) is 5.91 Å². The minimum absolute atomic E-state index is 0.0221. The van der Waals surface area contributed by atoms with Gasteiger partial charge in [-0.1, -0.05) is 30.3 Å². The monoisotopic (exact) mass is 201 g/mol. The molecule has 0 unspecified atom stereocenters. The molecule has 1 aromatic rings. The number of benzene rings is 1. The molecule has 0 aliphatic carbocycles. The molecular formula is C11H11N3O. The normalized spacial score (nSPS) is 18.2. The van der Waals surface area contributed by atoms with Gasteiger partial charge in [-0.25, -0.2) is 0 Å². The van der Waals surface area contributed by atoms with Crippen LogP contribution in [0.2, 0.25) is 0 Å². The van der Waals surface area contributed by atoms with Crippen LogP contribution in [0.25, 0.3) is 0 Å². The molecule has 1 heterocycles. The fourth-order valence-corrected chi connectivity index (χ4v) is 1.65. The van der Waals surface area contributed by atoms with Gasteiger partial charge in [-0.15, -0.1) is 0 Å². The number of amides is 1. The Balaban J connectivity index is 2.19. The summed E-state index contributed by atoms with van der Waals surface area (Å²) in [5.74, 6) is -0.0221. The molecule has 4 nitrogen and oxygen atoms in total. The molecule has 1 aliphatic heterocycles. The Morgan fingerprint density at radius 3 is 2.67 bits per heavy atom. The summed E-state index contributed by atoms with van der Waals surface area (Å²) >= 11 is 0. The second-order valence-electron chi connectivity index (χ2n) is 3.42. The van der Waals surface area contributed by atoms with Crippen molar-refractivity contribution < 1.29 is 4.79 Å². The van der Waals surface area contributed by atoms with Crippen LogP contribution in [-0.4, -0.2) is 17.5 Å². The number of hydrazine groups is 1. The summed E-state index contributed by atoms with van der Waals surface area (Å²) in [6.45, 7) is 0.589. The molecule has 1 saturated heterocycles. The molecule has 0 aromatic heterocycles. The van der Waals surface area contributed by atoms with Crippen LogP contribution in [0, 0.1) is 11.3 Å². The Morgan fingerprint density at radius 1 is 1.40 bits per heavy atom. The highest BCUT2D eigenvalue weighted by Gasteiger charge is 2.26. The van der Waals surface area contributed by atoms with Crippen LogP contribution in [0.1, 0.15) is 18.0 Å². The van der Waals surface area contributed by atoms with Gasteiger partial charge >= 0.3 is 0 Å². The maximum atomic E-state index is 11.0. The van der Waals surface area contributed by atoms with Gasteiger partial charge < -0.3 is 0 Å². The molecule has 1 aliphatic rings. The van der Waals surface area contributed by atoms with Crippen molar-refractivity contribution in [3.63, 3.8) is 0 Å². The smallest absolute Gasteiger partial charge is 0.235 e. The van der Waals surface area contributed by atoms with Crippen LogP contribution in [-0.2, 0) is 4.79 Å². The zero-order valence-electron chi connectivity index (χ0n) is 8.18. The van der Waals surface area contributed by atoms with E-state index < -0.39 is 6.04 Å². The number of hydrogen-bond donors (Lipinski definition) is 1. The van der Waals surface area contributed by atoms with Gasteiger partial charge in [-0.3, -0.25) is 10.2 Å². The average molecular weight is 201 g/mol. The highest BCUT2D eigenvalue weighted by molar-refractivity contribution is 5.77. The van der Waals surface area contributed by atoms with Gasteiger partial charge in [-0.05, 0) is 5.56 Å². The first-order chi connectivity index (χ1) is 7.31. The number of hydrogen-bond acceptors (Lipinski definition) is 3. The van der Waals surface area contributed by atoms with Crippen molar-refractivity contribution in [3.05, 3.63) is 35.9 Å². The van der Waals surface area contributed by atoms with Crippen LogP contribution in [0.4, 0.5) is 0 Å². The van der Waals surface area contributed by atoms with E-state index in [1.165, 1.54) is 0 Å². The zero-order valence-corrected chi connectivity index (χ0v) is 8.18. The number of nitrogens with zero attached hydrogens (tertiary/aromatic N) is 2. The third-order valence-corrected chi connectivity index (χ3v) is 2.40. The fraction of sp³-hybridized carbons (Fsp3) is 0.273. The van der Waals surface area contributed by atoms with Gasteiger partial charge in [0.2, 0.25) is 5.91 Å². The second-order valence-corrected chi connectivity index (χ2v) is 3.42. The lowest BCUT2D eigenvalue weighted by Crippen LogP contribution is -2.36. The summed E-state index contributed by atoms with van der Waals surface area (Å²) in [7, 11) is 0. The first-order valence-electron chi connectivity index (χ1n) is 4.82. The van der Waals surface area contributed by atoms with E-state index in [0.717, 1.165) is 5.56 Å². The summed E-state index contributed by atoms with van der Waals surface area (Å²) < 4.78 is 0. The maximum absolute atomic E-state index is 11.0. The minimum atomic E-state index is -0.391. The highest BCUT2D eigenvalue weighted by Crippen LogP contribution is 2.20. The Morgan fingerprint density at radius 2 is 2.13 bits per heavy atom. The number of nitriles is 1. The largest absolute Gasteiger partial charge is 0.287 e. The molecule has 2 rings (SSSR count). The number of carbonyl (C=O) groups is 1. The molecule has 76 valence electrons. The standard InChI is InChI=1S/C11H11N3O/c12-8-10(9-4-2-1-3-5-9)14-7-6-11(15)13-14/h1-5,10H,6-7H2,(H,13,15)/t10-/m1/s1. The number of carbonyl (C=O) groups excluding carboxylic acids is 1. The zero-order chi connectivity index (χ0) is 10.7. The quantitative estimate of drug-likeness (QED) is 0.776. The van der Waals surface area contributed by atoms with Crippen LogP contribution < -0.4 is 5.43 Å². The lowest BCUT2D eigenvalue weighted by Gasteiger charge is -2.20. The summed E-state index contributed by atoms with van der Waals surface area (Å²) in [5.41, 5.74) is 3.58. The van der Waals surface area contributed by atoms with Crippen molar-refractivity contribution in [2.45, 2.75) is 12.5 Å². The Bertz CT molecular complexity index is 396. The van der Waals surface area contributed by atoms with Crippen molar-refractivity contribution in [1.29, 1.82) is 5.26 Å². The topological polar surface area (TPSA) is 56.1 Å². The Labute approximate surface area is 88.1 Å². The summed E-state index contributed by atoms with van der Waals surface area (Å²) in [6.07, 6.45) is 0.463. The molecular weight excluding hydrogens is 190 g/mol. The average Bonchev–Trinajstić information content (AvgIpc) is 2.68. The van der Waals surface area contributed by atoms with Gasteiger partial charge in [0, 0.05) is 13.0 Å². The summed E-state index contributed by atoms with van der Waals surface area (Å²) in [6, 6.07) is 11.3. The summed E-state index contributed by atoms with van der Waals surface area (Å²) in [4.78, 5) is 11.0. The van der Waals surface area contributed by atoms with E-state index in [1.807, 2.05) is 30.3 Å². The number of nitrogens with one attached hydrogen (secondary N) is 1. The van der Waals surface area contributed by atoms with Crippen molar-refractivity contribution in [2.75, 3.05) is 6.54 Å². The van der Waals surface area contributed by atoms with E-state index >= 15 is 0 Å². The molecule has 1 aromatic carbocycles. The molecule has 1 atom stereocenters. The third-order valence-electron chi connectivity index (χ3n) is 2.40. The first kappa shape index (κ1) is 9.69. The van der Waals surface area contributed by atoms with Crippen LogP contribution in [0.5, 0.6) is 0 Å². The molecule has 1 N–H and O–H groups in total. The van der Waals surface area contributed by atoms with E-state index in [4.69, 9.17) is 5.26 Å². The molecule has 0 saturated carbocycles. The van der Waals surface area contributed by atoms with Crippen LogP contribution >= 0.6 is 0 Å². The van der Waals surface area contributed by atoms with Crippen molar-refractivity contribution >= 4 is 5.91 Å². The molecule has 1 fully saturated rings. The first-order valence-corrected chi connectivity index (χ1v) is 4.82. The molecule has 0 radical (unpaired) electrons. The molecule has 1 amide bonds. The lowest BCUT2D eigenvalue weighted by atomic mass is 10.1. The lowest BCUT2D eigenvalue weighted by molar-refractivity contribution is -0.121. The maximum Gasteiger partial charge on any atom is 0.235 e. The Kier molecular flexibility index (Phi) is 2.66. The summed E-state index contributed by atoms with van der Waals surface area (Å²) in [5, 5.41) is 10.8. The van der Waals surface area contributed by atoms with E-state index in [0.29, 0.717) is 13.0 Å². The molecule has 0 spiro atoms. The second kappa shape index (κ2) is 4.11. The van der Waals surface area contributed by atoms with Crippen LogP contribution in [0.15, 0.2) is 30.3 Å². The van der Waals surface area contributed by atoms with Gasteiger partial charge in [-0.2, -0.15) is 10.3 Å². The van der Waals surface area contributed by atoms with Crippen molar-refractivity contribution in [3.8, 4) is 6.07 Å². The third kappa shape index (κ3) is 1.97. The van der Waals surface area contributed by atoms with Crippen molar-refractivity contribution in [1.82, 2.24) is 10.4 Å².